The molecule has 0 aliphatic rings. The largest absolute Gasteiger partial charge is 0.352 e. The lowest BCUT2D eigenvalue weighted by molar-refractivity contribution is 0.234. The smallest absolute Gasteiger partial charge is 0.312 e. The second-order valence-corrected chi connectivity index (χ2v) is 6.44. The Balaban J connectivity index is 2.12. The molecule has 0 saturated heterocycles. The maximum absolute atomic E-state index is 10.6. The highest BCUT2D eigenvalue weighted by molar-refractivity contribution is 14.1. The van der Waals surface area contributed by atoms with Gasteiger partial charge in [-0.3, -0.25) is 10.7 Å². The van der Waals surface area contributed by atoms with Gasteiger partial charge in [0.25, 0.3) is 0 Å². The molecule has 2 amide bonds. The van der Waals surface area contributed by atoms with Crippen LogP contribution in [0.2, 0.25) is 0 Å². The van der Waals surface area contributed by atoms with Crippen molar-refractivity contribution in [2.75, 3.05) is 12.3 Å². The minimum absolute atomic E-state index is 0.110. The Hall–Kier alpha value is -1.86. The molecule has 0 fully saturated rings. The Morgan fingerprint density at radius 3 is 3.00 bits per heavy atom. The molecule has 0 aliphatic carbocycles. The van der Waals surface area contributed by atoms with Crippen molar-refractivity contribution >= 4 is 51.9 Å². The number of aliphatic imine (C=N–C) groups is 1. The number of primary amides is 1. The number of urea groups is 1. The van der Waals surface area contributed by atoms with Crippen molar-refractivity contribution in [3.8, 4) is 0 Å². The maximum atomic E-state index is 10.6. The normalized spacial score (nSPS) is 11.3. The van der Waals surface area contributed by atoms with Crippen LogP contribution in [0.4, 0.5) is 10.5 Å². The maximum Gasteiger partial charge on any atom is 0.312 e. The van der Waals surface area contributed by atoms with Gasteiger partial charge in [0, 0.05) is 15.9 Å². The number of amides is 2. The van der Waals surface area contributed by atoms with Gasteiger partial charge in [0.1, 0.15) is 0 Å². The predicted octanol–water partition coefficient (Wildman–Crippen LogP) is 1.49. The van der Waals surface area contributed by atoms with Gasteiger partial charge in [-0.25, -0.2) is 14.4 Å². The predicted molar refractivity (Wildman–Crippen MR) is 92.9 cm³/mol. The van der Waals surface area contributed by atoms with Gasteiger partial charge in [0.2, 0.25) is 0 Å². The first-order valence-electron chi connectivity index (χ1n) is 6.33. The van der Waals surface area contributed by atoms with E-state index in [4.69, 9.17) is 10.4 Å². The SMILES string of the molecule is NC(=O)NCCSc1nonc1C(=Nc1cccc(I)c1)NO. The highest BCUT2D eigenvalue weighted by Crippen LogP contribution is 2.21. The van der Waals surface area contributed by atoms with Crippen molar-refractivity contribution < 1.29 is 14.6 Å². The summed E-state index contributed by atoms with van der Waals surface area (Å²) in [6.45, 7) is 0.363. The fraction of sp³-hybridized carbons (Fsp3) is 0.167. The second kappa shape index (κ2) is 8.69. The van der Waals surface area contributed by atoms with E-state index in [9.17, 15) is 10.0 Å². The van der Waals surface area contributed by atoms with Gasteiger partial charge in [-0.2, -0.15) is 0 Å². The van der Waals surface area contributed by atoms with Crippen LogP contribution in [0.1, 0.15) is 5.69 Å². The highest BCUT2D eigenvalue weighted by Gasteiger charge is 2.17. The third-order valence-corrected chi connectivity index (χ3v) is 4.10. The quantitative estimate of drug-likeness (QED) is 0.131. The number of thioether (sulfide) groups is 1. The van der Waals surface area contributed by atoms with Crippen LogP contribution in [0.15, 0.2) is 38.9 Å². The summed E-state index contributed by atoms with van der Waals surface area (Å²) in [4.78, 5) is 14.9. The van der Waals surface area contributed by atoms with Gasteiger partial charge >= 0.3 is 6.03 Å². The molecule has 5 N–H and O–H groups in total. The molecule has 0 radical (unpaired) electrons. The number of hydrogen-bond donors (Lipinski definition) is 4. The number of nitrogens with two attached hydrogens (primary N) is 1. The summed E-state index contributed by atoms with van der Waals surface area (Å²) in [5.74, 6) is 0.616. The first-order valence-corrected chi connectivity index (χ1v) is 8.40. The standard InChI is InChI=1S/C12H13IN6O3S/c13-7-2-1-3-8(6-7)16-10(17-21)9-11(19-22-18-9)23-5-4-15-12(14)20/h1-3,6,21H,4-5H2,(H,16,17)(H3,14,15,20). The molecule has 1 aromatic carbocycles. The minimum atomic E-state index is -0.595. The number of halogens is 1. The van der Waals surface area contributed by atoms with Gasteiger partial charge in [-0.1, -0.05) is 17.8 Å². The van der Waals surface area contributed by atoms with Crippen molar-refractivity contribution in [3.05, 3.63) is 33.5 Å². The molecular formula is C12H13IN6O3S. The van der Waals surface area contributed by atoms with E-state index in [0.29, 0.717) is 23.0 Å². The zero-order valence-corrected chi connectivity index (χ0v) is 14.7. The van der Waals surface area contributed by atoms with Crippen molar-refractivity contribution in [2.45, 2.75) is 5.03 Å². The number of hydrogen-bond acceptors (Lipinski definition) is 7. The molecule has 0 bridgehead atoms. The van der Waals surface area contributed by atoms with Crippen LogP contribution in [0.5, 0.6) is 0 Å². The number of benzene rings is 1. The van der Waals surface area contributed by atoms with Crippen LogP contribution in [-0.2, 0) is 0 Å². The molecule has 122 valence electrons. The molecule has 0 spiro atoms. The molecule has 11 heteroatoms. The summed E-state index contributed by atoms with van der Waals surface area (Å²) in [5, 5.41) is 19.7. The van der Waals surface area contributed by atoms with Crippen LogP contribution in [0.25, 0.3) is 0 Å². The van der Waals surface area contributed by atoms with Gasteiger partial charge < -0.3 is 11.1 Å². The topological polar surface area (TPSA) is 139 Å². The van der Waals surface area contributed by atoms with E-state index in [2.05, 4.69) is 43.2 Å². The Kier molecular flexibility index (Phi) is 6.61. The number of rotatable bonds is 6. The summed E-state index contributed by atoms with van der Waals surface area (Å²) in [5.41, 5.74) is 7.90. The molecule has 0 aliphatic heterocycles. The van der Waals surface area contributed by atoms with Crippen LogP contribution in [0, 0.1) is 3.57 Å². The number of amidine groups is 1. The number of carbonyl (C=O) groups is 1. The van der Waals surface area contributed by atoms with Gasteiger partial charge in [0.05, 0.1) is 5.69 Å². The van der Waals surface area contributed by atoms with E-state index in [1.54, 1.807) is 6.07 Å². The molecule has 0 saturated carbocycles. The Morgan fingerprint density at radius 1 is 1.48 bits per heavy atom. The average Bonchev–Trinajstić information content (AvgIpc) is 2.97. The molecule has 0 unspecified atom stereocenters. The Labute approximate surface area is 149 Å². The zero-order valence-electron chi connectivity index (χ0n) is 11.7. The fourth-order valence-electron chi connectivity index (χ4n) is 1.55. The van der Waals surface area contributed by atoms with E-state index >= 15 is 0 Å². The molecule has 1 heterocycles. The molecule has 0 atom stereocenters. The van der Waals surface area contributed by atoms with E-state index in [1.165, 1.54) is 11.8 Å². The average molecular weight is 448 g/mol. The molecule has 1 aromatic heterocycles. The summed E-state index contributed by atoms with van der Waals surface area (Å²) in [6.07, 6.45) is 0. The number of nitrogens with zero attached hydrogens (tertiary/aromatic N) is 3. The van der Waals surface area contributed by atoms with Gasteiger partial charge in [-0.15, -0.1) is 0 Å². The van der Waals surface area contributed by atoms with E-state index < -0.39 is 6.03 Å². The first kappa shape index (κ1) is 17.5. The van der Waals surface area contributed by atoms with Crippen molar-refractivity contribution in [3.63, 3.8) is 0 Å². The van der Waals surface area contributed by atoms with Crippen molar-refractivity contribution in [2.24, 2.45) is 10.7 Å². The van der Waals surface area contributed by atoms with Crippen LogP contribution < -0.4 is 16.5 Å². The lowest BCUT2D eigenvalue weighted by Gasteiger charge is -2.04. The Morgan fingerprint density at radius 2 is 2.30 bits per heavy atom. The summed E-state index contributed by atoms with van der Waals surface area (Å²) >= 11 is 3.45. The summed E-state index contributed by atoms with van der Waals surface area (Å²) in [6, 6.07) is 6.81. The number of aromatic nitrogens is 2. The van der Waals surface area contributed by atoms with E-state index in [0.717, 1.165) is 3.57 Å². The van der Waals surface area contributed by atoms with Crippen LogP contribution >= 0.6 is 34.4 Å². The fourth-order valence-corrected chi connectivity index (χ4v) is 2.83. The Bertz CT molecular complexity index is 708. The second-order valence-electron chi connectivity index (χ2n) is 4.11. The lowest BCUT2D eigenvalue weighted by atomic mass is 10.3. The third-order valence-electron chi connectivity index (χ3n) is 2.48. The summed E-state index contributed by atoms with van der Waals surface area (Å²) in [7, 11) is 0. The monoisotopic (exact) mass is 448 g/mol. The van der Waals surface area contributed by atoms with Crippen LogP contribution in [-0.4, -0.2) is 39.7 Å². The highest BCUT2D eigenvalue weighted by atomic mass is 127. The van der Waals surface area contributed by atoms with Crippen LogP contribution in [0.3, 0.4) is 0 Å². The van der Waals surface area contributed by atoms with Gasteiger partial charge in [0.15, 0.2) is 16.6 Å². The minimum Gasteiger partial charge on any atom is -0.352 e. The molecular weight excluding hydrogens is 435 g/mol. The first-order chi connectivity index (χ1) is 11.1. The molecule has 2 aromatic rings. The third kappa shape index (κ3) is 5.37. The molecule has 2 rings (SSSR count). The lowest BCUT2D eigenvalue weighted by Crippen LogP contribution is -2.31. The zero-order chi connectivity index (χ0) is 16.7. The summed E-state index contributed by atoms with van der Waals surface area (Å²) < 4.78 is 5.71. The van der Waals surface area contributed by atoms with Crippen molar-refractivity contribution in [1.82, 2.24) is 21.1 Å². The number of hydroxylamine groups is 1. The van der Waals surface area contributed by atoms with Gasteiger partial charge in [-0.05, 0) is 51.1 Å². The van der Waals surface area contributed by atoms with E-state index in [-0.39, 0.29) is 11.5 Å². The molecule has 23 heavy (non-hydrogen) atoms. The van der Waals surface area contributed by atoms with E-state index in [1.807, 2.05) is 23.7 Å². The van der Waals surface area contributed by atoms with Crippen molar-refractivity contribution in [1.29, 1.82) is 0 Å². The number of carbonyl (C=O) groups excluding carboxylic acids is 1. The number of nitrogens with one attached hydrogen (secondary N) is 2. The molecule has 9 nitrogen and oxygen atoms in total.